The number of rotatable bonds is 6. The minimum Gasteiger partial charge on any atom is -0.166 e. The Kier molecular flexibility index (Phi) is 8.25. The Morgan fingerprint density at radius 1 is 0.688 bits per heavy atom. The second kappa shape index (κ2) is 10.4. The fourth-order valence-corrected chi connectivity index (χ4v) is 6.37. The number of alkyl halides is 6. The van der Waals surface area contributed by atoms with Gasteiger partial charge in [0.2, 0.25) is 0 Å². The second-order valence-corrected chi connectivity index (χ2v) is 9.99. The molecular formula is C26H36F6. The van der Waals surface area contributed by atoms with Crippen LogP contribution in [0.1, 0.15) is 113 Å². The van der Waals surface area contributed by atoms with Gasteiger partial charge in [-0.2, -0.15) is 26.3 Å². The third-order valence-corrected chi connectivity index (χ3v) is 7.88. The number of aryl methyl sites for hydroxylation is 1. The topological polar surface area (TPSA) is 0 Å². The predicted molar refractivity (Wildman–Crippen MR) is 115 cm³/mol. The van der Waals surface area contributed by atoms with Gasteiger partial charge in [-0.05, 0) is 79.7 Å². The van der Waals surface area contributed by atoms with Crippen LogP contribution in [0.2, 0.25) is 0 Å². The van der Waals surface area contributed by atoms with Crippen molar-refractivity contribution in [1.29, 1.82) is 0 Å². The monoisotopic (exact) mass is 462 g/mol. The van der Waals surface area contributed by atoms with E-state index in [0.29, 0.717) is 31.1 Å². The molecule has 0 N–H and O–H groups in total. The first-order chi connectivity index (χ1) is 15.1. The average molecular weight is 463 g/mol. The minimum absolute atomic E-state index is 0.00828. The van der Waals surface area contributed by atoms with Crippen LogP contribution in [0.15, 0.2) is 12.1 Å². The van der Waals surface area contributed by atoms with E-state index in [0.717, 1.165) is 18.8 Å². The zero-order chi connectivity index (χ0) is 23.5. The Balaban J connectivity index is 1.79. The molecule has 0 saturated heterocycles. The molecule has 2 fully saturated rings. The van der Waals surface area contributed by atoms with Gasteiger partial charge in [-0.1, -0.05) is 58.1 Å². The van der Waals surface area contributed by atoms with Crippen molar-refractivity contribution < 1.29 is 26.3 Å². The summed E-state index contributed by atoms with van der Waals surface area (Å²) >= 11 is 0. The fraction of sp³-hybridized carbons (Fsp3) is 0.769. The van der Waals surface area contributed by atoms with Gasteiger partial charge < -0.3 is 0 Å². The Bertz CT molecular complexity index is 732. The summed E-state index contributed by atoms with van der Waals surface area (Å²) < 4.78 is 83.3. The highest BCUT2D eigenvalue weighted by atomic mass is 19.4. The highest BCUT2D eigenvalue weighted by Crippen LogP contribution is 2.50. The van der Waals surface area contributed by atoms with E-state index >= 15 is 0 Å². The van der Waals surface area contributed by atoms with Crippen molar-refractivity contribution in [2.75, 3.05) is 0 Å². The summed E-state index contributed by atoms with van der Waals surface area (Å²) in [6, 6.07) is 2.63. The van der Waals surface area contributed by atoms with Gasteiger partial charge in [0, 0.05) is 0 Å². The predicted octanol–water partition coefficient (Wildman–Crippen LogP) is 9.56. The van der Waals surface area contributed by atoms with Crippen LogP contribution >= 0.6 is 0 Å². The van der Waals surface area contributed by atoms with Crippen molar-refractivity contribution >= 4 is 0 Å². The number of halogens is 6. The smallest absolute Gasteiger partial charge is 0.166 e. The Labute approximate surface area is 188 Å². The molecule has 0 bridgehead atoms. The third kappa shape index (κ3) is 5.83. The second-order valence-electron chi connectivity index (χ2n) is 9.99. The molecule has 2 aliphatic carbocycles. The van der Waals surface area contributed by atoms with Crippen LogP contribution < -0.4 is 0 Å². The molecule has 0 amide bonds. The standard InChI is InChI=1S/C26H36F6/c1-3-5-17-7-9-18(10-8-17)19-11-13-20(14-12-19)22-16-15-21(6-4-2)23(25(27,28)29)24(22)26(30,31)32/h15-20H,3-14H2,1-2H3. The van der Waals surface area contributed by atoms with Gasteiger partial charge in [-0.25, -0.2) is 0 Å². The van der Waals surface area contributed by atoms with E-state index in [4.69, 9.17) is 0 Å². The van der Waals surface area contributed by atoms with Crippen LogP contribution in [0.5, 0.6) is 0 Å². The molecule has 32 heavy (non-hydrogen) atoms. The van der Waals surface area contributed by atoms with Crippen LogP contribution in [0, 0.1) is 17.8 Å². The molecule has 0 unspecified atom stereocenters. The van der Waals surface area contributed by atoms with Gasteiger partial charge in [0.1, 0.15) is 0 Å². The van der Waals surface area contributed by atoms with E-state index < -0.39 is 29.4 Å². The molecule has 0 aromatic heterocycles. The maximum absolute atomic E-state index is 14.0. The zero-order valence-corrected chi connectivity index (χ0v) is 19.2. The molecule has 182 valence electrons. The summed E-state index contributed by atoms with van der Waals surface area (Å²) in [6.45, 7) is 3.89. The lowest BCUT2D eigenvalue weighted by Gasteiger charge is -2.38. The van der Waals surface area contributed by atoms with E-state index in [1.165, 1.54) is 50.7 Å². The Morgan fingerprint density at radius 2 is 1.22 bits per heavy atom. The first-order valence-electron chi connectivity index (χ1n) is 12.4. The molecule has 0 radical (unpaired) electrons. The van der Waals surface area contributed by atoms with Crippen molar-refractivity contribution in [3.63, 3.8) is 0 Å². The van der Waals surface area contributed by atoms with Crippen LogP contribution in [0.3, 0.4) is 0 Å². The molecule has 3 rings (SSSR count). The van der Waals surface area contributed by atoms with Crippen molar-refractivity contribution in [2.45, 2.75) is 109 Å². The van der Waals surface area contributed by atoms with E-state index in [1.807, 2.05) is 0 Å². The van der Waals surface area contributed by atoms with Crippen molar-refractivity contribution in [3.05, 3.63) is 34.4 Å². The molecule has 2 aliphatic rings. The lowest BCUT2D eigenvalue weighted by molar-refractivity contribution is -0.163. The molecule has 1 aromatic carbocycles. The minimum atomic E-state index is -5.02. The summed E-state index contributed by atoms with van der Waals surface area (Å²) in [5.74, 6) is 1.49. The van der Waals surface area contributed by atoms with Gasteiger partial charge in [-0.3, -0.25) is 0 Å². The van der Waals surface area contributed by atoms with E-state index in [-0.39, 0.29) is 17.5 Å². The zero-order valence-electron chi connectivity index (χ0n) is 19.2. The fourth-order valence-electron chi connectivity index (χ4n) is 6.37. The van der Waals surface area contributed by atoms with Crippen LogP contribution in [-0.2, 0) is 18.8 Å². The van der Waals surface area contributed by atoms with E-state index in [9.17, 15) is 26.3 Å². The molecule has 0 aliphatic heterocycles. The first-order valence-corrected chi connectivity index (χ1v) is 12.4. The number of benzene rings is 1. The average Bonchev–Trinajstić information content (AvgIpc) is 2.73. The first kappa shape index (κ1) is 25.4. The quantitative estimate of drug-likeness (QED) is 0.369. The highest BCUT2D eigenvalue weighted by molar-refractivity contribution is 5.46. The summed E-state index contributed by atoms with van der Waals surface area (Å²) in [4.78, 5) is 0. The van der Waals surface area contributed by atoms with Crippen molar-refractivity contribution in [2.24, 2.45) is 17.8 Å². The highest BCUT2D eigenvalue weighted by Gasteiger charge is 2.47. The third-order valence-electron chi connectivity index (χ3n) is 7.88. The lowest BCUT2D eigenvalue weighted by atomic mass is 9.67. The maximum atomic E-state index is 14.0. The molecule has 2 saturated carbocycles. The summed E-state index contributed by atoms with van der Waals surface area (Å²) in [6.07, 6.45) is 0.417. The summed E-state index contributed by atoms with van der Waals surface area (Å²) in [5, 5.41) is 0. The van der Waals surface area contributed by atoms with E-state index in [1.54, 1.807) is 6.92 Å². The largest absolute Gasteiger partial charge is 0.417 e. The molecular weight excluding hydrogens is 426 g/mol. The van der Waals surface area contributed by atoms with E-state index in [2.05, 4.69) is 6.92 Å². The normalized spacial score (nSPS) is 27.5. The SMILES string of the molecule is CCCc1ccc(C2CCC(C3CCC(CCC)CC3)CC2)c(C(F)(F)F)c1C(F)(F)F. The maximum Gasteiger partial charge on any atom is 0.417 e. The number of hydrogen-bond donors (Lipinski definition) is 0. The molecule has 0 spiro atoms. The van der Waals surface area contributed by atoms with Crippen molar-refractivity contribution in [1.82, 2.24) is 0 Å². The lowest BCUT2D eigenvalue weighted by Crippen LogP contribution is -2.27. The van der Waals surface area contributed by atoms with Gasteiger partial charge in [0.25, 0.3) is 0 Å². The van der Waals surface area contributed by atoms with Crippen LogP contribution in [-0.4, -0.2) is 0 Å². The Morgan fingerprint density at radius 3 is 1.69 bits per heavy atom. The molecule has 0 heterocycles. The van der Waals surface area contributed by atoms with Crippen LogP contribution in [0.4, 0.5) is 26.3 Å². The number of hydrogen-bond acceptors (Lipinski definition) is 0. The van der Waals surface area contributed by atoms with Gasteiger partial charge >= 0.3 is 12.4 Å². The molecule has 0 nitrogen and oxygen atoms in total. The molecule has 6 heteroatoms. The molecule has 0 atom stereocenters. The van der Waals surface area contributed by atoms with Gasteiger partial charge in [-0.15, -0.1) is 0 Å². The van der Waals surface area contributed by atoms with Gasteiger partial charge in [0.15, 0.2) is 0 Å². The van der Waals surface area contributed by atoms with Crippen LogP contribution in [0.25, 0.3) is 0 Å². The van der Waals surface area contributed by atoms with Gasteiger partial charge in [0.05, 0.1) is 11.1 Å². The molecule has 1 aromatic rings. The van der Waals surface area contributed by atoms with Crippen molar-refractivity contribution in [3.8, 4) is 0 Å². The summed E-state index contributed by atoms with van der Waals surface area (Å²) in [7, 11) is 0. The Hall–Kier alpha value is -1.20. The summed E-state index contributed by atoms with van der Waals surface area (Å²) in [5.41, 5.74) is -3.27.